The fraction of sp³-hybridized carbons (Fsp3) is 0.727. The fourth-order valence-corrected chi connectivity index (χ4v) is 4.51. The number of ketones is 1. The van der Waals surface area contributed by atoms with Crippen molar-refractivity contribution in [3.8, 4) is 0 Å². The van der Waals surface area contributed by atoms with Gasteiger partial charge in [0.15, 0.2) is 0 Å². The van der Waals surface area contributed by atoms with Crippen molar-refractivity contribution in [3.05, 3.63) is 10.6 Å². The molecule has 0 saturated heterocycles. The van der Waals surface area contributed by atoms with E-state index in [9.17, 15) is 4.79 Å². The number of Topliss-reactive ketones (excluding diaryl/α,β-unsaturated/α-hetero) is 1. The Morgan fingerprint density at radius 1 is 1.36 bits per heavy atom. The van der Waals surface area contributed by atoms with Gasteiger partial charge in [0.1, 0.15) is 5.78 Å². The molecular weight excluding hydrogens is 208 g/mol. The lowest BCUT2D eigenvalue weighted by Crippen LogP contribution is -2.23. The third kappa shape index (κ3) is 6.43. The smallest absolute Gasteiger partial charge is 0.140 e. The van der Waals surface area contributed by atoms with Crippen molar-refractivity contribution in [1.29, 1.82) is 0 Å². The van der Waals surface area contributed by atoms with Crippen LogP contribution in [-0.4, -0.2) is 19.6 Å². The number of rotatable bonds is 5. The first kappa shape index (κ1) is 14.0. The highest BCUT2D eigenvalue weighted by Gasteiger charge is 2.20. The van der Waals surface area contributed by atoms with Gasteiger partial charge in [0.2, 0.25) is 0 Å². The van der Waals surface area contributed by atoms with E-state index in [2.05, 4.69) is 39.6 Å². The van der Waals surface area contributed by atoms with E-state index in [-0.39, 0.29) is 5.78 Å². The monoisotopic (exact) mass is 230 g/mol. The maximum atomic E-state index is 10.9. The van der Waals surface area contributed by atoms with Crippen LogP contribution in [-0.2, 0) is 4.79 Å². The van der Waals surface area contributed by atoms with Crippen molar-refractivity contribution >= 4 is 25.6 Å². The first-order chi connectivity index (χ1) is 6.23. The Labute approximate surface area is 93.4 Å². The van der Waals surface area contributed by atoms with Crippen LogP contribution in [0, 0.1) is 5.92 Å². The molecule has 0 aromatic heterocycles. The van der Waals surface area contributed by atoms with Gasteiger partial charge in [-0.05, 0) is 17.4 Å². The first-order valence-corrected chi connectivity index (χ1v) is 9.56. The number of hydrogen-bond donors (Lipinski definition) is 0. The van der Waals surface area contributed by atoms with Crippen LogP contribution in [0.2, 0.25) is 19.6 Å². The lowest BCUT2D eigenvalue weighted by atomic mass is 10.2. The summed E-state index contributed by atoms with van der Waals surface area (Å²) in [7, 11) is -1.24. The molecule has 0 amide bonds. The Bertz CT molecular complexity index is 226. The molecule has 0 unspecified atom stereocenters. The van der Waals surface area contributed by atoms with Gasteiger partial charge in [0, 0.05) is 0 Å². The molecule has 0 fully saturated rings. The average Bonchev–Trinajstić information content (AvgIpc) is 1.94. The van der Waals surface area contributed by atoms with E-state index in [1.54, 1.807) is 18.7 Å². The fourth-order valence-electron chi connectivity index (χ4n) is 0.997. The molecule has 0 saturated carbocycles. The summed E-state index contributed by atoms with van der Waals surface area (Å²) < 4.78 is 1.46. The molecule has 0 radical (unpaired) electrons. The minimum Gasteiger partial charge on any atom is -0.299 e. The van der Waals surface area contributed by atoms with Crippen LogP contribution in [0.1, 0.15) is 20.8 Å². The molecule has 0 spiro atoms. The Morgan fingerprint density at radius 2 is 1.86 bits per heavy atom. The molecule has 0 aliphatic rings. The second kappa shape index (κ2) is 5.76. The maximum Gasteiger partial charge on any atom is 0.140 e. The van der Waals surface area contributed by atoms with E-state index in [0.717, 1.165) is 0 Å². The SMILES string of the molecule is CC(=O)CS/C(=C\C(C)C)[Si](C)(C)C. The molecule has 14 heavy (non-hydrogen) atoms. The highest BCUT2D eigenvalue weighted by molar-refractivity contribution is 8.05. The summed E-state index contributed by atoms with van der Waals surface area (Å²) in [6.45, 7) is 13.0. The summed E-state index contributed by atoms with van der Waals surface area (Å²) in [5.74, 6) is 1.47. The number of allylic oxidation sites excluding steroid dienone is 1. The van der Waals surface area contributed by atoms with Gasteiger partial charge >= 0.3 is 0 Å². The zero-order valence-corrected chi connectivity index (χ0v) is 12.0. The Balaban J connectivity index is 4.50. The van der Waals surface area contributed by atoms with Crippen LogP contribution in [0.25, 0.3) is 0 Å². The summed E-state index contributed by atoms with van der Waals surface area (Å²) in [5, 5.41) is 0. The molecule has 0 rings (SSSR count). The zero-order chi connectivity index (χ0) is 11.4. The molecule has 0 aromatic rings. The molecule has 0 heterocycles. The van der Waals surface area contributed by atoms with Crippen LogP contribution in [0.5, 0.6) is 0 Å². The van der Waals surface area contributed by atoms with Gasteiger partial charge in [0.05, 0.1) is 13.8 Å². The minimum atomic E-state index is -1.24. The molecule has 0 aliphatic heterocycles. The van der Waals surface area contributed by atoms with Gasteiger partial charge in [-0.1, -0.05) is 39.6 Å². The number of thioether (sulfide) groups is 1. The normalized spacial score (nSPS) is 13.5. The standard InChI is InChI=1S/C11H22OSSi/c1-9(2)7-11(14(4,5)6)13-8-10(3)12/h7,9H,8H2,1-6H3/b11-7+. The van der Waals surface area contributed by atoms with E-state index >= 15 is 0 Å². The summed E-state index contributed by atoms with van der Waals surface area (Å²) in [6.07, 6.45) is 2.32. The molecular formula is C11H22OSSi. The summed E-state index contributed by atoms with van der Waals surface area (Å²) >= 11 is 1.74. The molecule has 0 atom stereocenters. The molecule has 0 aliphatic carbocycles. The van der Waals surface area contributed by atoms with Gasteiger partial charge in [-0.15, -0.1) is 11.8 Å². The molecule has 3 heteroatoms. The third-order valence-corrected chi connectivity index (χ3v) is 6.57. The second-order valence-electron chi connectivity index (χ2n) is 5.02. The van der Waals surface area contributed by atoms with E-state index in [4.69, 9.17) is 0 Å². The van der Waals surface area contributed by atoms with E-state index < -0.39 is 8.07 Å². The van der Waals surface area contributed by atoms with Crippen LogP contribution in [0.4, 0.5) is 0 Å². The quantitative estimate of drug-likeness (QED) is 0.670. The largest absolute Gasteiger partial charge is 0.299 e. The zero-order valence-electron chi connectivity index (χ0n) is 10.2. The highest BCUT2D eigenvalue weighted by atomic mass is 32.2. The number of carbonyl (C=O) groups is 1. The Morgan fingerprint density at radius 3 is 2.14 bits per heavy atom. The van der Waals surface area contributed by atoms with Crippen LogP contribution in [0.3, 0.4) is 0 Å². The van der Waals surface area contributed by atoms with Crippen molar-refractivity contribution in [2.75, 3.05) is 5.75 Å². The highest BCUT2D eigenvalue weighted by Crippen LogP contribution is 2.28. The predicted octanol–water partition coefficient (Wildman–Crippen LogP) is 3.73. The lowest BCUT2D eigenvalue weighted by molar-refractivity contribution is -0.114. The molecule has 82 valence electrons. The van der Waals surface area contributed by atoms with Crippen LogP contribution >= 0.6 is 11.8 Å². The van der Waals surface area contributed by atoms with Crippen molar-refractivity contribution < 1.29 is 4.79 Å². The maximum absolute atomic E-state index is 10.9. The van der Waals surface area contributed by atoms with Gasteiger partial charge in [0.25, 0.3) is 0 Å². The number of hydrogen-bond acceptors (Lipinski definition) is 2. The van der Waals surface area contributed by atoms with E-state index in [0.29, 0.717) is 11.7 Å². The number of carbonyl (C=O) groups excluding carboxylic acids is 1. The van der Waals surface area contributed by atoms with Crippen molar-refractivity contribution in [2.24, 2.45) is 5.92 Å². The second-order valence-corrected chi connectivity index (χ2v) is 11.4. The molecule has 0 N–H and O–H groups in total. The third-order valence-electron chi connectivity index (χ3n) is 1.65. The lowest BCUT2D eigenvalue weighted by Gasteiger charge is -2.21. The van der Waals surface area contributed by atoms with E-state index in [1.165, 1.54) is 4.53 Å². The first-order valence-electron chi connectivity index (χ1n) is 5.08. The average molecular weight is 230 g/mol. The molecule has 0 bridgehead atoms. The Hall–Kier alpha value is -0.0231. The summed E-state index contributed by atoms with van der Waals surface area (Å²) in [5.41, 5.74) is 0. The van der Waals surface area contributed by atoms with Crippen LogP contribution in [0.15, 0.2) is 10.6 Å². The predicted molar refractivity (Wildman–Crippen MR) is 69.4 cm³/mol. The van der Waals surface area contributed by atoms with E-state index in [1.807, 2.05) is 0 Å². The van der Waals surface area contributed by atoms with Crippen molar-refractivity contribution in [1.82, 2.24) is 0 Å². The van der Waals surface area contributed by atoms with Crippen LogP contribution < -0.4 is 0 Å². The van der Waals surface area contributed by atoms with Crippen molar-refractivity contribution in [2.45, 2.75) is 40.4 Å². The molecule has 0 aromatic carbocycles. The topological polar surface area (TPSA) is 17.1 Å². The summed E-state index contributed by atoms with van der Waals surface area (Å²) in [6, 6.07) is 0. The minimum absolute atomic E-state index is 0.267. The van der Waals surface area contributed by atoms with Gasteiger partial charge in [-0.25, -0.2) is 0 Å². The van der Waals surface area contributed by atoms with Crippen molar-refractivity contribution in [3.63, 3.8) is 0 Å². The summed E-state index contributed by atoms with van der Waals surface area (Å²) in [4.78, 5) is 10.9. The van der Waals surface area contributed by atoms with Gasteiger partial charge < -0.3 is 0 Å². The Kier molecular flexibility index (Phi) is 5.75. The van der Waals surface area contributed by atoms with Gasteiger partial charge in [-0.2, -0.15) is 0 Å². The molecule has 1 nitrogen and oxygen atoms in total. The van der Waals surface area contributed by atoms with Gasteiger partial charge in [-0.3, -0.25) is 4.79 Å².